The molecule has 0 aliphatic rings. The van der Waals surface area contributed by atoms with Crippen LogP contribution in [0.4, 0.5) is 0 Å². The average molecular weight is 264 g/mol. The number of aromatic nitrogens is 4. The van der Waals surface area contributed by atoms with Gasteiger partial charge in [0.25, 0.3) is 5.89 Å². The molecule has 0 amide bonds. The number of nitrogens with two attached hydrogens (primary N) is 1. The lowest BCUT2D eigenvalue weighted by molar-refractivity contribution is 0.356. The largest absolute Gasteiger partial charge is 0.332 e. The summed E-state index contributed by atoms with van der Waals surface area (Å²) in [5.74, 6) is 0.974. The van der Waals surface area contributed by atoms with Crippen molar-refractivity contribution in [2.24, 2.45) is 12.8 Å². The second kappa shape index (κ2) is 5.50. The van der Waals surface area contributed by atoms with Crippen molar-refractivity contribution in [3.8, 4) is 11.6 Å². The first-order chi connectivity index (χ1) is 9.01. The van der Waals surface area contributed by atoms with E-state index >= 15 is 0 Å². The SMILES string of the molecule is CCc1cc(-c2nc(C(N)CN(C)C)no2)n(C)n1. The van der Waals surface area contributed by atoms with Crippen molar-refractivity contribution < 1.29 is 4.52 Å². The molecule has 7 heteroatoms. The standard InChI is InChI=1S/C12H20N6O/c1-5-8-6-10(18(4)15-8)12-14-11(16-19-12)9(13)7-17(2)3/h6,9H,5,7,13H2,1-4H3. The van der Waals surface area contributed by atoms with E-state index in [-0.39, 0.29) is 6.04 Å². The van der Waals surface area contributed by atoms with Crippen molar-refractivity contribution in [2.45, 2.75) is 19.4 Å². The molecule has 2 rings (SSSR count). The highest BCUT2D eigenvalue weighted by Crippen LogP contribution is 2.19. The molecule has 1 atom stereocenters. The van der Waals surface area contributed by atoms with Gasteiger partial charge in [-0.05, 0) is 26.6 Å². The molecule has 0 spiro atoms. The van der Waals surface area contributed by atoms with Gasteiger partial charge < -0.3 is 15.2 Å². The van der Waals surface area contributed by atoms with Gasteiger partial charge in [0.1, 0.15) is 5.69 Å². The van der Waals surface area contributed by atoms with Crippen LogP contribution < -0.4 is 5.73 Å². The maximum atomic E-state index is 6.01. The van der Waals surface area contributed by atoms with Crippen molar-refractivity contribution in [2.75, 3.05) is 20.6 Å². The molecule has 0 aliphatic carbocycles. The summed E-state index contributed by atoms with van der Waals surface area (Å²) < 4.78 is 7.02. The minimum Gasteiger partial charge on any atom is -0.332 e. The molecule has 2 heterocycles. The fraction of sp³-hybridized carbons (Fsp3) is 0.583. The van der Waals surface area contributed by atoms with E-state index in [0.29, 0.717) is 18.3 Å². The molecule has 0 aliphatic heterocycles. The zero-order valence-corrected chi connectivity index (χ0v) is 11.8. The van der Waals surface area contributed by atoms with Gasteiger partial charge in [0.15, 0.2) is 5.82 Å². The summed E-state index contributed by atoms with van der Waals surface area (Å²) in [7, 11) is 5.77. The summed E-state index contributed by atoms with van der Waals surface area (Å²) in [6, 6.07) is 1.70. The topological polar surface area (TPSA) is 86.0 Å². The Hall–Kier alpha value is -1.73. The highest BCUT2D eigenvalue weighted by molar-refractivity contribution is 5.47. The van der Waals surface area contributed by atoms with Gasteiger partial charge in [-0.15, -0.1) is 0 Å². The first kappa shape index (κ1) is 13.7. The Morgan fingerprint density at radius 3 is 2.79 bits per heavy atom. The van der Waals surface area contributed by atoms with Crippen LogP contribution >= 0.6 is 0 Å². The molecule has 104 valence electrons. The van der Waals surface area contributed by atoms with Crippen molar-refractivity contribution in [1.29, 1.82) is 0 Å². The zero-order valence-electron chi connectivity index (χ0n) is 11.8. The van der Waals surface area contributed by atoms with Crippen molar-refractivity contribution in [3.63, 3.8) is 0 Å². The minimum atomic E-state index is -0.258. The Bertz CT molecular complexity index is 544. The van der Waals surface area contributed by atoms with Crippen LogP contribution in [-0.4, -0.2) is 45.5 Å². The van der Waals surface area contributed by atoms with E-state index in [2.05, 4.69) is 22.2 Å². The van der Waals surface area contributed by atoms with Gasteiger partial charge in [-0.25, -0.2) is 0 Å². The molecule has 0 radical (unpaired) electrons. The van der Waals surface area contributed by atoms with E-state index in [1.807, 2.05) is 32.1 Å². The van der Waals surface area contributed by atoms with Crippen LogP contribution in [0.15, 0.2) is 10.6 Å². The highest BCUT2D eigenvalue weighted by atomic mass is 16.5. The lowest BCUT2D eigenvalue weighted by atomic mass is 10.3. The maximum Gasteiger partial charge on any atom is 0.276 e. The summed E-state index contributed by atoms with van der Waals surface area (Å²) in [6.45, 7) is 2.73. The second-order valence-corrected chi connectivity index (χ2v) is 4.82. The fourth-order valence-electron chi connectivity index (χ4n) is 1.86. The molecule has 0 saturated heterocycles. The van der Waals surface area contributed by atoms with E-state index in [0.717, 1.165) is 17.8 Å². The number of nitrogens with zero attached hydrogens (tertiary/aromatic N) is 5. The summed E-state index contributed by atoms with van der Waals surface area (Å²) in [6.07, 6.45) is 0.870. The molecule has 0 fully saturated rings. The van der Waals surface area contributed by atoms with Gasteiger partial charge in [0, 0.05) is 13.6 Å². The lowest BCUT2D eigenvalue weighted by Gasteiger charge is -2.12. The normalized spacial score (nSPS) is 13.2. The number of rotatable bonds is 5. The Labute approximate surface area is 112 Å². The number of aryl methyl sites for hydroxylation is 2. The summed E-state index contributed by atoms with van der Waals surface area (Å²) in [5.41, 5.74) is 7.82. The molecular formula is C12H20N6O. The third-order valence-corrected chi connectivity index (χ3v) is 2.85. The van der Waals surface area contributed by atoms with Gasteiger partial charge in [0.2, 0.25) is 0 Å². The van der Waals surface area contributed by atoms with E-state index in [4.69, 9.17) is 10.3 Å². The molecule has 19 heavy (non-hydrogen) atoms. The minimum absolute atomic E-state index is 0.258. The van der Waals surface area contributed by atoms with Crippen LogP contribution in [0.5, 0.6) is 0 Å². The van der Waals surface area contributed by atoms with Gasteiger partial charge in [-0.2, -0.15) is 10.1 Å². The summed E-state index contributed by atoms with van der Waals surface area (Å²) in [5, 5.41) is 8.30. The molecule has 1 unspecified atom stereocenters. The molecule has 2 aromatic rings. The smallest absolute Gasteiger partial charge is 0.276 e. The van der Waals surface area contributed by atoms with E-state index in [1.54, 1.807) is 4.68 Å². The monoisotopic (exact) mass is 264 g/mol. The van der Waals surface area contributed by atoms with Crippen molar-refractivity contribution in [3.05, 3.63) is 17.6 Å². The van der Waals surface area contributed by atoms with Crippen LogP contribution in [0.25, 0.3) is 11.6 Å². The van der Waals surface area contributed by atoms with E-state index in [9.17, 15) is 0 Å². The predicted octanol–water partition coefficient (Wildman–Crippen LogP) is 0.594. The Kier molecular flexibility index (Phi) is 3.96. The molecule has 0 bridgehead atoms. The number of hydrogen-bond acceptors (Lipinski definition) is 6. The Morgan fingerprint density at radius 1 is 1.47 bits per heavy atom. The van der Waals surface area contributed by atoms with E-state index in [1.165, 1.54) is 0 Å². The molecule has 0 aromatic carbocycles. The molecule has 2 N–H and O–H groups in total. The quantitative estimate of drug-likeness (QED) is 0.850. The fourth-order valence-corrected chi connectivity index (χ4v) is 1.86. The number of likely N-dealkylation sites (N-methyl/N-ethyl adjacent to an activating group) is 1. The molecule has 7 nitrogen and oxygen atoms in total. The van der Waals surface area contributed by atoms with Crippen LogP contribution in [-0.2, 0) is 13.5 Å². The van der Waals surface area contributed by atoms with Crippen molar-refractivity contribution in [1.82, 2.24) is 24.8 Å². The molecule has 2 aromatic heterocycles. The third-order valence-electron chi connectivity index (χ3n) is 2.85. The molecular weight excluding hydrogens is 244 g/mol. The lowest BCUT2D eigenvalue weighted by Crippen LogP contribution is -2.26. The molecule has 0 saturated carbocycles. The second-order valence-electron chi connectivity index (χ2n) is 4.82. The summed E-state index contributed by atoms with van der Waals surface area (Å²) in [4.78, 5) is 6.34. The number of hydrogen-bond donors (Lipinski definition) is 1. The van der Waals surface area contributed by atoms with Crippen LogP contribution in [0.3, 0.4) is 0 Å². The average Bonchev–Trinajstić information content (AvgIpc) is 2.94. The van der Waals surface area contributed by atoms with Gasteiger partial charge in [-0.3, -0.25) is 4.68 Å². The highest BCUT2D eigenvalue weighted by Gasteiger charge is 2.18. The van der Waals surface area contributed by atoms with Crippen LogP contribution in [0.1, 0.15) is 24.5 Å². The van der Waals surface area contributed by atoms with Crippen LogP contribution in [0, 0.1) is 0 Å². The van der Waals surface area contributed by atoms with E-state index < -0.39 is 0 Å². The zero-order chi connectivity index (χ0) is 14.0. The van der Waals surface area contributed by atoms with Crippen molar-refractivity contribution >= 4 is 0 Å². The summed E-state index contributed by atoms with van der Waals surface area (Å²) >= 11 is 0. The van der Waals surface area contributed by atoms with Gasteiger partial charge >= 0.3 is 0 Å². The Morgan fingerprint density at radius 2 is 2.21 bits per heavy atom. The first-order valence-corrected chi connectivity index (χ1v) is 6.28. The Balaban J connectivity index is 2.22. The third kappa shape index (κ3) is 2.99. The van der Waals surface area contributed by atoms with Crippen LogP contribution in [0.2, 0.25) is 0 Å². The first-order valence-electron chi connectivity index (χ1n) is 6.28. The maximum absolute atomic E-state index is 6.01. The van der Waals surface area contributed by atoms with Gasteiger partial charge in [-0.1, -0.05) is 12.1 Å². The predicted molar refractivity (Wildman–Crippen MR) is 71.4 cm³/mol. The van der Waals surface area contributed by atoms with Gasteiger partial charge in [0.05, 0.1) is 11.7 Å².